The number of aliphatic hydroxyl groups is 1. The summed E-state index contributed by atoms with van der Waals surface area (Å²) in [5.74, 6) is 0. The Hall–Kier alpha value is -0.610. The molecule has 112 valence electrons. The SMILES string of the molecule is NC(CCN(CCCO)C1CCC1)c1ccccc1Cl. The molecule has 0 heterocycles. The lowest BCUT2D eigenvalue weighted by Crippen LogP contribution is -2.42. The van der Waals surface area contributed by atoms with Crippen LogP contribution in [0, 0.1) is 0 Å². The summed E-state index contributed by atoms with van der Waals surface area (Å²) in [6, 6.07) is 8.50. The Morgan fingerprint density at radius 2 is 2.05 bits per heavy atom. The molecule has 0 saturated heterocycles. The van der Waals surface area contributed by atoms with Crippen LogP contribution < -0.4 is 5.73 Å². The van der Waals surface area contributed by atoms with Crippen molar-refractivity contribution in [2.75, 3.05) is 19.7 Å². The predicted molar refractivity (Wildman–Crippen MR) is 83.9 cm³/mol. The summed E-state index contributed by atoms with van der Waals surface area (Å²) in [6.45, 7) is 2.22. The molecule has 1 aliphatic rings. The number of aliphatic hydroxyl groups excluding tert-OH is 1. The third-order valence-corrected chi connectivity index (χ3v) is 4.57. The predicted octanol–water partition coefficient (Wildman–Crippen LogP) is 2.97. The van der Waals surface area contributed by atoms with Crippen LogP contribution in [0.25, 0.3) is 0 Å². The molecule has 1 aliphatic carbocycles. The fraction of sp³-hybridized carbons (Fsp3) is 0.625. The number of hydrogen-bond acceptors (Lipinski definition) is 3. The Morgan fingerprint density at radius 3 is 2.65 bits per heavy atom. The van der Waals surface area contributed by atoms with Gasteiger partial charge in [-0.15, -0.1) is 0 Å². The first kappa shape index (κ1) is 15.8. The molecule has 0 aliphatic heterocycles. The second-order valence-electron chi connectivity index (χ2n) is 5.61. The van der Waals surface area contributed by atoms with Crippen molar-refractivity contribution in [1.82, 2.24) is 4.90 Å². The average molecular weight is 297 g/mol. The fourth-order valence-corrected chi connectivity index (χ4v) is 3.01. The molecule has 0 radical (unpaired) electrons. The second kappa shape index (κ2) is 7.99. The number of hydrogen-bond donors (Lipinski definition) is 2. The number of nitrogens with two attached hydrogens (primary N) is 1. The molecule has 0 aromatic heterocycles. The highest BCUT2D eigenvalue weighted by Gasteiger charge is 2.24. The lowest BCUT2D eigenvalue weighted by Gasteiger charge is -2.38. The Labute approximate surface area is 126 Å². The monoisotopic (exact) mass is 296 g/mol. The normalized spacial score (nSPS) is 17.2. The highest BCUT2D eigenvalue weighted by Crippen LogP contribution is 2.27. The summed E-state index contributed by atoms with van der Waals surface area (Å²) in [4.78, 5) is 2.48. The van der Waals surface area contributed by atoms with E-state index in [9.17, 15) is 0 Å². The van der Waals surface area contributed by atoms with Gasteiger partial charge >= 0.3 is 0 Å². The van der Waals surface area contributed by atoms with Crippen molar-refractivity contribution in [1.29, 1.82) is 0 Å². The summed E-state index contributed by atoms with van der Waals surface area (Å²) in [7, 11) is 0. The van der Waals surface area contributed by atoms with Gasteiger partial charge < -0.3 is 15.7 Å². The van der Waals surface area contributed by atoms with Gasteiger partial charge in [0.1, 0.15) is 0 Å². The first-order chi connectivity index (χ1) is 9.72. The molecule has 3 nitrogen and oxygen atoms in total. The van der Waals surface area contributed by atoms with Crippen LogP contribution in [0.15, 0.2) is 24.3 Å². The smallest absolute Gasteiger partial charge is 0.0453 e. The maximum Gasteiger partial charge on any atom is 0.0453 e. The largest absolute Gasteiger partial charge is 0.396 e. The minimum Gasteiger partial charge on any atom is -0.396 e. The summed E-state index contributed by atoms with van der Waals surface area (Å²) in [5, 5.41) is 9.77. The molecule has 0 amide bonds. The van der Waals surface area contributed by atoms with Gasteiger partial charge in [-0.1, -0.05) is 36.2 Å². The van der Waals surface area contributed by atoms with Crippen LogP contribution in [0.2, 0.25) is 5.02 Å². The van der Waals surface area contributed by atoms with E-state index < -0.39 is 0 Å². The molecule has 3 N–H and O–H groups in total. The zero-order valence-electron chi connectivity index (χ0n) is 12.0. The molecular weight excluding hydrogens is 272 g/mol. The molecule has 0 bridgehead atoms. The van der Waals surface area contributed by atoms with Crippen molar-refractivity contribution < 1.29 is 5.11 Å². The molecule has 1 aromatic carbocycles. The summed E-state index contributed by atoms with van der Waals surface area (Å²) in [6.07, 6.45) is 5.65. The highest BCUT2D eigenvalue weighted by molar-refractivity contribution is 6.31. The van der Waals surface area contributed by atoms with E-state index >= 15 is 0 Å². The fourth-order valence-electron chi connectivity index (χ4n) is 2.74. The standard InChI is InChI=1S/C16H25ClN2O/c17-15-8-2-1-7-14(15)16(18)9-11-19(10-4-12-20)13-5-3-6-13/h1-2,7-8,13,16,20H,3-6,9-12,18H2. The van der Waals surface area contributed by atoms with Gasteiger partial charge in [-0.2, -0.15) is 0 Å². The zero-order valence-corrected chi connectivity index (χ0v) is 12.7. The van der Waals surface area contributed by atoms with Gasteiger partial charge in [0.05, 0.1) is 0 Å². The third-order valence-electron chi connectivity index (χ3n) is 4.23. The molecule has 2 rings (SSSR count). The molecular formula is C16H25ClN2O. The van der Waals surface area contributed by atoms with E-state index in [4.69, 9.17) is 22.4 Å². The van der Waals surface area contributed by atoms with Gasteiger partial charge in [0.25, 0.3) is 0 Å². The summed E-state index contributed by atoms with van der Waals surface area (Å²) in [5.41, 5.74) is 7.30. The van der Waals surface area contributed by atoms with Crippen LogP contribution in [-0.2, 0) is 0 Å². The molecule has 1 aromatic rings. The average Bonchev–Trinajstić information content (AvgIpc) is 2.39. The van der Waals surface area contributed by atoms with Crippen molar-refractivity contribution in [3.05, 3.63) is 34.9 Å². The van der Waals surface area contributed by atoms with Crippen LogP contribution in [0.3, 0.4) is 0 Å². The molecule has 20 heavy (non-hydrogen) atoms. The Kier molecular flexibility index (Phi) is 6.30. The molecule has 1 saturated carbocycles. The van der Waals surface area contributed by atoms with E-state index in [0.717, 1.165) is 36.5 Å². The lowest BCUT2D eigenvalue weighted by molar-refractivity contribution is 0.113. The minimum atomic E-state index is -0.0135. The molecule has 0 spiro atoms. The Balaban J connectivity index is 1.86. The van der Waals surface area contributed by atoms with E-state index in [1.807, 2.05) is 24.3 Å². The van der Waals surface area contributed by atoms with Crippen molar-refractivity contribution >= 4 is 11.6 Å². The van der Waals surface area contributed by atoms with E-state index in [-0.39, 0.29) is 12.6 Å². The maximum absolute atomic E-state index is 9.01. The number of halogens is 1. The van der Waals surface area contributed by atoms with Gasteiger partial charge in [-0.25, -0.2) is 0 Å². The van der Waals surface area contributed by atoms with Gasteiger partial charge in [-0.3, -0.25) is 0 Å². The lowest BCUT2D eigenvalue weighted by atomic mass is 9.91. The van der Waals surface area contributed by atoms with Crippen molar-refractivity contribution in [2.24, 2.45) is 5.73 Å². The Bertz CT molecular complexity index is 409. The number of benzene rings is 1. The molecule has 1 unspecified atom stereocenters. The second-order valence-corrected chi connectivity index (χ2v) is 6.02. The van der Waals surface area contributed by atoms with E-state index in [2.05, 4.69) is 4.90 Å². The van der Waals surface area contributed by atoms with Gasteiger partial charge in [0.15, 0.2) is 0 Å². The van der Waals surface area contributed by atoms with Crippen molar-refractivity contribution in [2.45, 2.75) is 44.2 Å². The van der Waals surface area contributed by atoms with Gasteiger partial charge in [0, 0.05) is 36.8 Å². The molecule has 1 fully saturated rings. The van der Waals surface area contributed by atoms with Crippen molar-refractivity contribution in [3.63, 3.8) is 0 Å². The number of nitrogens with zero attached hydrogens (tertiary/aromatic N) is 1. The van der Waals surface area contributed by atoms with Crippen LogP contribution >= 0.6 is 11.6 Å². The van der Waals surface area contributed by atoms with E-state index in [0.29, 0.717) is 6.04 Å². The maximum atomic E-state index is 9.01. The first-order valence-electron chi connectivity index (χ1n) is 7.57. The summed E-state index contributed by atoms with van der Waals surface area (Å²) < 4.78 is 0. The van der Waals surface area contributed by atoms with Crippen LogP contribution in [0.1, 0.15) is 43.7 Å². The zero-order chi connectivity index (χ0) is 14.4. The van der Waals surface area contributed by atoms with Crippen LogP contribution in [0.4, 0.5) is 0 Å². The Morgan fingerprint density at radius 1 is 1.30 bits per heavy atom. The quantitative estimate of drug-likeness (QED) is 0.775. The third kappa shape index (κ3) is 4.19. The minimum absolute atomic E-state index is 0.0135. The molecule has 1 atom stereocenters. The number of rotatable bonds is 8. The van der Waals surface area contributed by atoms with Gasteiger partial charge in [-0.05, 0) is 37.3 Å². The van der Waals surface area contributed by atoms with Crippen molar-refractivity contribution in [3.8, 4) is 0 Å². The van der Waals surface area contributed by atoms with E-state index in [1.165, 1.54) is 19.3 Å². The molecule has 4 heteroatoms. The first-order valence-corrected chi connectivity index (χ1v) is 7.95. The summed E-state index contributed by atoms with van der Waals surface area (Å²) >= 11 is 6.19. The highest BCUT2D eigenvalue weighted by atomic mass is 35.5. The van der Waals surface area contributed by atoms with E-state index in [1.54, 1.807) is 0 Å². The topological polar surface area (TPSA) is 49.5 Å². The van der Waals surface area contributed by atoms with Crippen LogP contribution in [-0.4, -0.2) is 35.7 Å². The van der Waals surface area contributed by atoms with Gasteiger partial charge in [0.2, 0.25) is 0 Å². The van der Waals surface area contributed by atoms with Crippen LogP contribution in [0.5, 0.6) is 0 Å².